The Kier molecular flexibility index (Phi) is 6.67. The van der Waals surface area contributed by atoms with E-state index < -0.39 is 0 Å². The molecule has 0 aliphatic heterocycles. The van der Waals surface area contributed by atoms with Crippen LogP contribution < -0.4 is 0 Å². The van der Waals surface area contributed by atoms with Crippen molar-refractivity contribution in [3.05, 3.63) is 0 Å². The summed E-state index contributed by atoms with van der Waals surface area (Å²) in [7, 11) is 0. The third kappa shape index (κ3) is 10.5. The van der Waals surface area contributed by atoms with Gasteiger partial charge in [0.15, 0.2) is 17.4 Å². The molecule has 0 N–H and O–H groups in total. The minimum Gasteiger partial charge on any atom is -0.0628 e. The molecule has 0 fully saturated rings. The smallest absolute Gasteiger partial charge is 0.0628 e. The zero-order valence-electron chi connectivity index (χ0n) is 9.99. The van der Waals surface area contributed by atoms with E-state index in [9.17, 15) is 0 Å². The van der Waals surface area contributed by atoms with Gasteiger partial charge in [-0.1, -0.05) is 48.5 Å². The molecule has 80 valence electrons. The van der Waals surface area contributed by atoms with E-state index >= 15 is 0 Å². The van der Waals surface area contributed by atoms with Crippen LogP contribution in [0.1, 0.15) is 61.3 Å². The Hall–Kier alpha value is 0.532. The van der Waals surface area contributed by atoms with Crippen LogP contribution in [-0.4, -0.2) is 17.4 Å². The van der Waals surface area contributed by atoms with Gasteiger partial charge >= 0.3 is 0 Å². The van der Waals surface area contributed by atoms with Crippen LogP contribution in [0.2, 0.25) is 0 Å². The minimum atomic E-state index is 0. The summed E-state index contributed by atoms with van der Waals surface area (Å²) in [5.41, 5.74) is 0.977. The molecule has 1 heteroatoms. The van der Waals surface area contributed by atoms with Gasteiger partial charge in [0.05, 0.1) is 0 Å². The van der Waals surface area contributed by atoms with Crippen molar-refractivity contribution in [2.24, 2.45) is 16.7 Å². The normalized spacial score (nSPS) is 12.9. The molecule has 0 nitrogen and oxygen atoms in total. The van der Waals surface area contributed by atoms with Crippen LogP contribution in [-0.2, 0) is 0 Å². The molecule has 0 atom stereocenters. The highest BCUT2D eigenvalue weighted by Crippen LogP contribution is 2.37. The molecule has 0 aliphatic rings. The van der Waals surface area contributed by atoms with Crippen molar-refractivity contribution in [3.8, 4) is 0 Å². The van der Waals surface area contributed by atoms with Crippen LogP contribution >= 0.6 is 0 Å². The van der Waals surface area contributed by atoms with Crippen LogP contribution in [0.5, 0.6) is 0 Å². The van der Waals surface area contributed by atoms with Crippen molar-refractivity contribution in [2.75, 3.05) is 0 Å². The topological polar surface area (TPSA) is 0 Å². The molecule has 0 rings (SSSR count). The summed E-state index contributed by atoms with van der Waals surface area (Å²) < 4.78 is 0. The van der Waals surface area contributed by atoms with E-state index in [0.717, 1.165) is 5.92 Å². The molecule has 0 saturated heterocycles. The minimum absolute atomic E-state index is 0. The Morgan fingerprint density at radius 3 is 1.54 bits per heavy atom. The summed E-state index contributed by atoms with van der Waals surface area (Å²) in [6.07, 6.45) is 2.66. The van der Waals surface area contributed by atoms with Gasteiger partial charge in [-0.25, -0.2) is 0 Å². The van der Waals surface area contributed by atoms with Gasteiger partial charge in [-0.2, -0.15) is 0 Å². The van der Waals surface area contributed by atoms with E-state index in [0.29, 0.717) is 10.8 Å². The van der Waals surface area contributed by atoms with E-state index in [4.69, 9.17) is 0 Å². The van der Waals surface area contributed by atoms with Gasteiger partial charge in [-0.05, 0) is 29.6 Å². The lowest BCUT2D eigenvalue weighted by atomic mass is 9.72. The SMILES string of the molecule is CC(C)CC(C)(C)CC(C)(C)C.[AlH3]. The Bertz CT molecular complexity index is 129. The molecule has 0 unspecified atom stereocenters. The molecule has 0 radical (unpaired) electrons. The maximum atomic E-state index is 2.39. The predicted molar refractivity (Wildman–Crippen MR) is 67.2 cm³/mol. The quantitative estimate of drug-likeness (QED) is 0.613. The lowest BCUT2D eigenvalue weighted by Crippen LogP contribution is -2.22. The summed E-state index contributed by atoms with van der Waals surface area (Å²) in [5.74, 6) is 0.822. The third-order valence-corrected chi connectivity index (χ3v) is 1.97. The molecular weight excluding hydrogens is 171 g/mol. The molecular formula is C12H29Al. The Morgan fingerprint density at radius 2 is 1.31 bits per heavy atom. The highest BCUT2D eigenvalue weighted by molar-refractivity contribution is 5.75. The lowest BCUT2D eigenvalue weighted by molar-refractivity contribution is 0.179. The molecule has 0 saturated carbocycles. The van der Waals surface area contributed by atoms with Crippen LogP contribution in [0.3, 0.4) is 0 Å². The molecule has 0 aromatic heterocycles. The third-order valence-electron chi connectivity index (χ3n) is 1.97. The van der Waals surface area contributed by atoms with E-state index in [1.54, 1.807) is 0 Å². The number of hydrogen-bond acceptors (Lipinski definition) is 0. The summed E-state index contributed by atoms with van der Waals surface area (Å²) in [6, 6.07) is 0. The zero-order valence-corrected chi connectivity index (χ0v) is 9.99. The fourth-order valence-corrected chi connectivity index (χ4v) is 2.61. The number of hydrogen-bond donors (Lipinski definition) is 0. The average molecular weight is 200 g/mol. The molecule has 0 aromatic rings. The molecule has 0 aliphatic carbocycles. The van der Waals surface area contributed by atoms with E-state index in [1.807, 2.05) is 0 Å². The van der Waals surface area contributed by atoms with Crippen molar-refractivity contribution in [1.82, 2.24) is 0 Å². The summed E-state index contributed by atoms with van der Waals surface area (Å²) >= 11 is 0. The highest BCUT2D eigenvalue weighted by Gasteiger charge is 2.25. The van der Waals surface area contributed by atoms with Gasteiger partial charge in [0.25, 0.3) is 0 Å². The maximum Gasteiger partial charge on any atom is 0.187 e. The zero-order chi connectivity index (χ0) is 9.99. The Morgan fingerprint density at radius 1 is 0.923 bits per heavy atom. The standard InChI is InChI=1S/C12H26.Al.3H/c1-10(2)8-12(6,7)9-11(3,4)5;;;;/h10H,8-9H2,1-7H3;;;;. The van der Waals surface area contributed by atoms with Crippen LogP contribution in [0.25, 0.3) is 0 Å². The molecule has 13 heavy (non-hydrogen) atoms. The Labute approximate surface area is 95.6 Å². The average Bonchev–Trinajstić information content (AvgIpc) is 1.48. The van der Waals surface area contributed by atoms with Gasteiger partial charge in [-0.3, -0.25) is 0 Å². The largest absolute Gasteiger partial charge is 0.187 e. The first-order valence-electron chi connectivity index (χ1n) is 5.12. The van der Waals surface area contributed by atoms with Crippen molar-refractivity contribution >= 4 is 17.4 Å². The summed E-state index contributed by atoms with van der Waals surface area (Å²) in [5, 5.41) is 0. The Balaban J connectivity index is 0. The van der Waals surface area contributed by atoms with Gasteiger partial charge in [-0.15, -0.1) is 0 Å². The van der Waals surface area contributed by atoms with Crippen molar-refractivity contribution < 1.29 is 0 Å². The first kappa shape index (κ1) is 16.0. The first-order chi connectivity index (χ1) is 5.12. The maximum absolute atomic E-state index is 2.39. The first-order valence-corrected chi connectivity index (χ1v) is 5.12. The summed E-state index contributed by atoms with van der Waals surface area (Å²) in [4.78, 5) is 0. The fourth-order valence-electron chi connectivity index (χ4n) is 2.61. The second-order valence-electron chi connectivity index (χ2n) is 6.50. The van der Waals surface area contributed by atoms with Gasteiger partial charge in [0, 0.05) is 0 Å². The summed E-state index contributed by atoms with van der Waals surface area (Å²) in [6.45, 7) is 16.4. The van der Waals surface area contributed by atoms with Gasteiger partial charge in [0.2, 0.25) is 0 Å². The van der Waals surface area contributed by atoms with Crippen LogP contribution in [0.4, 0.5) is 0 Å². The molecule has 0 bridgehead atoms. The van der Waals surface area contributed by atoms with Crippen molar-refractivity contribution in [3.63, 3.8) is 0 Å². The van der Waals surface area contributed by atoms with Crippen LogP contribution in [0.15, 0.2) is 0 Å². The fraction of sp³-hybridized carbons (Fsp3) is 1.00. The lowest BCUT2D eigenvalue weighted by Gasteiger charge is -2.33. The van der Waals surface area contributed by atoms with E-state index in [-0.39, 0.29) is 17.4 Å². The molecule has 0 aromatic carbocycles. The monoisotopic (exact) mass is 200 g/mol. The highest BCUT2D eigenvalue weighted by atomic mass is 27.0. The second-order valence-corrected chi connectivity index (χ2v) is 6.50. The molecule has 0 heterocycles. The van der Waals surface area contributed by atoms with Crippen molar-refractivity contribution in [2.45, 2.75) is 61.3 Å². The van der Waals surface area contributed by atoms with E-state index in [2.05, 4.69) is 48.5 Å². The number of rotatable bonds is 3. The second kappa shape index (κ2) is 5.42. The molecule has 0 amide bonds. The molecule has 0 spiro atoms. The van der Waals surface area contributed by atoms with Gasteiger partial charge in [0.1, 0.15) is 0 Å². The predicted octanol–water partition coefficient (Wildman–Crippen LogP) is 3.31. The van der Waals surface area contributed by atoms with E-state index in [1.165, 1.54) is 12.8 Å². The van der Waals surface area contributed by atoms with Crippen LogP contribution in [0, 0.1) is 16.7 Å². The van der Waals surface area contributed by atoms with Crippen molar-refractivity contribution in [1.29, 1.82) is 0 Å². The van der Waals surface area contributed by atoms with Gasteiger partial charge < -0.3 is 0 Å².